The molecule has 0 atom stereocenters. The first-order valence-electron chi connectivity index (χ1n) is 8.76. The average Bonchev–Trinajstić information content (AvgIpc) is 3.20. The van der Waals surface area contributed by atoms with Gasteiger partial charge in [0.1, 0.15) is 0 Å². The van der Waals surface area contributed by atoms with E-state index in [2.05, 4.69) is 10.5 Å². The quantitative estimate of drug-likeness (QED) is 0.334. The van der Waals surface area contributed by atoms with Crippen LogP contribution in [0.1, 0.15) is 15.9 Å². The predicted molar refractivity (Wildman–Crippen MR) is 107 cm³/mol. The number of rotatable bonds is 8. The maximum atomic E-state index is 12.4. The number of non-ortho nitro benzene ring substituents is 1. The average molecular weight is 413 g/mol. The van der Waals surface area contributed by atoms with Crippen LogP contribution in [-0.2, 0) is 11.3 Å². The fourth-order valence-corrected chi connectivity index (χ4v) is 2.81. The largest absolute Gasteiger partial charge is 0.493 e. The number of aromatic nitrogens is 1. The highest BCUT2D eigenvalue weighted by atomic mass is 16.6. The van der Waals surface area contributed by atoms with Gasteiger partial charge in [-0.25, -0.2) is 4.79 Å². The summed E-state index contributed by atoms with van der Waals surface area (Å²) >= 11 is 0. The molecule has 0 radical (unpaired) electrons. The number of methoxy groups -OCH3 is 3. The van der Waals surface area contributed by atoms with Crippen LogP contribution < -0.4 is 14.8 Å². The summed E-state index contributed by atoms with van der Waals surface area (Å²) in [6, 6.07) is 11.0. The molecule has 1 aromatic heterocycles. The Morgan fingerprint density at radius 1 is 1.10 bits per heavy atom. The highest BCUT2D eigenvalue weighted by Gasteiger charge is 2.25. The van der Waals surface area contributed by atoms with Crippen molar-refractivity contribution >= 4 is 17.5 Å². The SMILES string of the molecule is COC(=O)c1c(NCc2ccc(OC)c(OC)c2)noc1-c1ccc([N+](=O)[O-])cc1. The highest BCUT2D eigenvalue weighted by Crippen LogP contribution is 2.32. The lowest BCUT2D eigenvalue weighted by atomic mass is 10.1. The number of anilines is 1. The van der Waals surface area contributed by atoms with Gasteiger partial charge in [0, 0.05) is 24.2 Å². The van der Waals surface area contributed by atoms with Crippen LogP contribution in [0.4, 0.5) is 11.5 Å². The number of carbonyl (C=O) groups is 1. The number of nitrogens with zero attached hydrogens (tertiary/aromatic N) is 2. The third kappa shape index (κ3) is 4.17. The highest BCUT2D eigenvalue weighted by molar-refractivity contribution is 6.00. The molecule has 1 heterocycles. The summed E-state index contributed by atoms with van der Waals surface area (Å²) in [5.41, 5.74) is 1.31. The maximum Gasteiger partial charge on any atom is 0.345 e. The second-order valence-electron chi connectivity index (χ2n) is 6.07. The van der Waals surface area contributed by atoms with Crippen LogP contribution in [0.2, 0.25) is 0 Å². The van der Waals surface area contributed by atoms with Crippen LogP contribution in [0.3, 0.4) is 0 Å². The fourth-order valence-electron chi connectivity index (χ4n) is 2.81. The van der Waals surface area contributed by atoms with Crippen molar-refractivity contribution in [1.82, 2.24) is 5.16 Å². The van der Waals surface area contributed by atoms with Crippen LogP contribution in [0.5, 0.6) is 11.5 Å². The Bertz CT molecular complexity index is 1060. The maximum absolute atomic E-state index is 12.4. The van der Waals surface area contributed by atoms with E-state index >= 15 is 0 Å². The molecule has 0 saturated carbocycles. The van der Waals surface area contributed by atoms with E-state index in [-0.39, 0.29) is 22.8 Å². The Morgan fingerprint density at radius 2 is 1.80 bits per heavy atom. The number of nitrogens with one attached hydrogen (secondary N) is 1. The predicted octanol–water partition coefficient (Wildman–Crippen LogP) is 3.67. The standard InChI is InChI=1S/C20H19N3O7/c1-27-15-9-4-12(10-16(15)28-2)11-21-19-17(20(24)29-3)18(30-22-19)13-5-7-14(8-6-13)23(25)26/h4-10H,11H2,1-3H3,(H,21,22). The number of nitro benzene ring substituents is 1. The van der Waals surface area contributed by atoms with Gasteiger partial charge in [-0.05, 0) is 29.8 Å². The van der Waals surface area contributed by atoms with Crippen LogP contribution in [0.25, 0.3) is 11.3 Å². The normalized spacial score (nSPS) is 10.4. The first-order chi connectivity index (χ1) is 14.5. The van der Waals surface area contributed by atoms with E-state index in [1.165, 1.54) is 31.4 Å². The van der Waals surface area contributed by atoms with Gasteiger partial charge in [-0.15, -0.1) is 0 Å². The topological polar surface area (TPSA) is 126 Å². The van der Waals surface area contributed by atoms with E-state index in [0.29, 0.717) is 23.6 Å². The van der Waals surface area contributed by atoms with E-state index in [4.69, 9.17) is 18.7 Å². The summed E-state index contributed by atoms with van der Waals surface area (Å²) in [5, 5.41) is 17.8. The third-order valence-corrected chi connectivity index (χ3v) is 4.33. The van der Waals surface area contributed by atoms with Crippen LogP contribution in [0.15, 0.2) is 47.0 Å². The van der Waals surface area contributed by atoms with Crippen molar-refractivity contribution in [2.45, 2.75) is 6.54 Å². The van der Waals surface area contributed by atoms with Gasteiger partial charge in [-0.1, -0.05) is 11.2 Å². The summed E-state index contributed by atoms with van der Waals surface area (Å²) in [6.45, 7) is 0.316. The minimum atomic E-state index is -0.653. The second kappa shape index (κ2) is 8.95. The summed E-state index contributed by atoms with van der Waals surface area (Å²) in [4.78, 5) is 22.7. The van der Waals surface area contributed by atoms with Crippen LogP contribution in [-0.4, -0.2) is 37.4 Å². The molecule has 0 unspecified atom stereocenters. The van der Waals surface area contributed by atoms with Crippen molar-refractivity contribution in [1.29, 1.82) is 0 Å². The zero-order valence-corrected chi connectivity index (χ0v) is 16.5. The molecule has 30 heavy (non-hydrogen) atoms. The molecule has 156 valence electrons. The Labute approximate surface area is 171 Å². The van der Waals surface area contributed by atoms with Gasteiger partial charge in [0.2, 0.25) is 0 Å². The van der Waals surface area contributed by atoms with Crippen molar-refractivity contribution in [3.05, 3.63) is 63.7 Å². The fraction of sp³-hybridized carbons (Fsp3) is 0.200. The molecule has 10 heteroatoms. The monoisotopic (exact) mass is 413 g/mol. The molecule has 0 aliphatic carbocycles. The number of hydrogen-bond acceptors (Lipinski definition) is 9. The summed E-state index contributed by atoms with van der Waals surface area (Å²) < 4.78 is 20.7. The van der Waals surface area contributed by atoms with Crippen molar-refractivity contribution in [3.63, 3.8) is 0 Å². The molecule has 0 aliphatic rings. The zero-order valence-electron chi connectivity index (χ0n) is 16.5. The molecule has 0 fully saturated rings. The molecule has 0 saturated heterocycles. The van der Waals surface area contributed by atoms with E-state index in [1.54, 1.807) is 26.4 Å². The molecule has 0 bridgehead atoms. The van der Waals surface area contributed by atoms with Gasteiger partial charge in [0.25, 0.3) is 5.69 Å². The van der Waals surface area contributed by atoms with Gasteiger partial charge in [-0.3, -0.25) is 10.1 Å². The van der Waals surface area contributed by atoms with E-state index in [0.717, 1.165) is 5.56 Å². The third-order valence-electron chi connectivity index (χ3n) is 4.33. The lowest BCUT2D eigenvalue weighted by Crippen LogP contribution is -2.08. The van der Waals surface area contributed by atoms with E-state index in [1.807, 2.05) is 6.07 Å². The Morgan fingerprint density at radius 3 is 2.40 bits per heavy atom. The van der Waals surface area contributed by atoms with Crippen molar-refractivity contribution in [2.24, 2.45) is 0 Å². The molecular weight excluding hydrogens is 394 g/mol. The zero-order chi connectivity index (χ0) is 21.7. The minimum absolute atomic E-state index is 0.0790. The minimum Gasteiger partial charge on any atom is -0.493 e. The van der Waals surface area contributed by atoms with Gasteiger partial charge in [0.15, 0.2) is 28.6 Å². The number of carbonyl (C=O) groups excluding carboxylic acids is 1. The first-order valence-corrected chi connectivity index (χ1v) is 8.76. The number of ether oxygens (including phenoxy) is 3. The molecule has 3 rings (SSSR count). The van der Waals surface area contributed by atoms with E-state index < -0.39 is 10.9 Å². The van der Waals surface area contributed by atoms with Gasteiger partial charge in [-0.2, -0.15) is 0 Å². The van der Waals surface area contributed by atoms with Crippen LogP contribution >= 0.6 is 0 Å². The van der Waals surface area contributed by atoms with Crippen LogP contribution in [0, 0.1) is 10.1 Å². The van der Waals surface area contributed by atoms with Gasteiger partial charge >= 0.3 is 5.97 Å². The number of benzene rings is 2. The molecule has 0 aliphatic heterocycles. The summed E-state index contributed by atoms with van der Waals surface area (Å²) in [5.74, 6) is 0.839. The number of nitro groups is 1. The lowest BCUT2D eigenvalue weighted by Gasteiger charge is -2.10. The molecular formula is C20H19N3O7. The Balaban J connectivity index is 1.88. The lowest BCUT2D eigenvalue weighted by molar-refractivity contribution is -0.384. The van der Waals surface area contributed by atoms with Gasteiger partial charge in [0.05, 0.1) is 26.3 Å². The van der Waals surface area contributed by atoms with Gasteiger partial charge < -0.3 is 24.1 Å². The molecule has 3 aromatic rings. The van der Waals surface area contributed by atoms with E-state index in [9.17, 15) is 14.9 Å². The Hall–Kier alpha value is -4.08. The Kier molecular flexibility index (Phi) is 6.16. The first kappa shape index (κ1) is 20.6. The molecule has 0 spiro atoms. The number of esters is 1. The molecule has 10 nitrogen and oxygen atoms in total. The molecule has 1 N–H and O–H groups in total. The van der Waals surface area contributed by atoms with Crippen molar-refractivity contribution in [2.75, 3.05) is 26.6 Å². The summed E-state index contributed by atoms with van der Waals surface area (Å²) in [7, 11) is 4.33. The smallest absolute Gasteiger partial charge is 0.345 e. The molecule has 2 aromatic carbocycles. The molecule has 0 amide bonds. The number of hydrogen-bond donors (Lipinski definition) is 1. The van der Waals surface area contributed by atoms with Crippen molar-refractivity contribution < 1.29 is 28.5 Å². The van der Waals surface area contributed by atoms with Crippen molar-refractivity contribution in [3.8, 4) is 22.8 Å². The second-order valence-corrected chi connectivity index (χ2v) is 6.07. The summed E-state index contributed by atoms with van der Waals surface area (Å²) in [6.07, 6.45) is 0.